The van der Waals surface area contributed by atoms with E-state index in [0.717, 1.165) is 30.6 Å². The zero-order chi connectivity index (χ0) is 20.5. The zero-order valence-electron chi connectivity index (χ0n) is 16.7. The van der Waals surface area contributed by atoms with E-state index in [1.54, 1.807) is 23.0 Å². The van der Waals surface area contributed by atoms with Gasteiger partial charge in [-0.05, 0) is 69.0 Å². The van der Waals surface area contributed by atoms with Crippen molar-refractivity contribution in [3.63, 3.8) is 0 Å². The Bertz CT molecular complexity index is 1090. The summed E-state index contributed by atoms with van der Waals surface area (Å²) in [6.07, 6.45) is 4.01. The van der Waals surface area contributed by atoms with Crippen LogP contribution in [0.25, 0.3) is 22.0 Å². The average molecular weight is 430 g/mol. The molecule has 1 fully saturated rings. The van der Waals surface area contributed by atoms with Crippen LogP contribution in [-0.2, 0) is 6.54 Å². The third kappa shape index (κ3) is 4.35. The normalized spacial score (nSPS) is 17.9. The lowest BCUT2D eigenvalue weighted by atomic mass is 9.97. The minimum Gasteiger partial charge on any atom is -0.301 e. The van der Waals surface area contributed by atoms with Gasteiger partial charge in [0.2, 0.25) is 0 Å². The fourth-order valence-electron chi connectivity index (χ4n) is 4.17. The first-order valence-electron chi connectivity index (χ1n) is 10.1. The van der Waals surface area contributed by atoms with Crippen molar-refractivity contribution in [3.8, 4) is 11.1 Å². The van der Waals surface area contributed by atoms with Crippen molar-refractivity contribution >= 4 is 34.1 Å². The number of halogens is 2. The Hall–Kier alpha value is -1.88. The summed E-state index contributed by atoms with van der Waals surface area (Å²) in [5.41, 5.74) is 2.45. The molecular formula is C23H25Cl2N3O. The quantitative estimate of drug-likeness (QED) is 0.549. The third-order valence-corrected chi connectivity index (χ3v) is 6.35. The van der Waals surface area contributed by atoms with E-state index in [9.17, 15) is 4.79 Å². The van der Waals surface area contributed by atoms with Gasteiger partial charge in [0.15, 0.2) is 0 Å². The van der Waals surface area contributed by atoms with Gasteiger partial charge in [0.05, 0.1) is 17.2 Å². The summed E-state index contributed by atoms with van der Waals surface area (Å²) < 4.78 is 1.77. The smallest absolute Gasteiger partial charge is 0.261 e. The standard InChI is InChI=1S/C23H25Cl2N3O/c1-15(2)27-9-3-4-16(12-27)13-28-14-26-22-8-5-17(10-20(22)23(28)29)19-7-6-18(24)11-21(19)25/h5-8,10-11,14-16H,3-4,9,12-13H2,1-2H3/t16-/m0/s1. The van der Waals surface area contributed by atoms with Crippen LogP contribution in [0.3, 0.4) is 0 Å². The summed E-state index contributed by atoms with van der Waals surface area (Å²) in [6, 6.07) is 11.6. The van der Waals surface area contributed by atoms with Crippen LogP contribution in [0.15, 0.2) is 47.5 Å². The van der Waals surface area contributed by atoms with E-state index in [0.29, 0.717) is 39.5 Å². The molecule has 0 aliphatic carbocycles. The fourth-order valence-corrected chi connectivity index (χ4v) is 4.69. The Morgan fingerprint density at radius 2 is 2.00 bits per heavy atom. The monoisotopic (exact) mass is 429 g/mol. The number of rotatable bonds is 4. The molecule has 2 aromatic carbocycles. The van der Waals surface area contributed by atoms with Crippen LogP contribution in [-0.4, -0.2) is 33.6 Å². The summed E-state index contributed by atoms with van der Waals surface area (Å²) in [5.74, 6) is 0.469. The van der Waals surface area contributed by atoms with E-state index in [4.69, 9.17) is 23.2 Å². The van der Waals surface area contributed by atoms with Crippen molar-refractivity contribution in [2.45, 2.75) is 39.3 Å². The van der Waals surface area contributed by atoms with E-state index in [1.165, 1.54) is 6.42 Å². The Kier molecular flexibility index (Phi) is 5.95. The average Bonchev–Trinajstić information content (AvgIpc) is 2.70. The van der Waals surface area contributed by atoms with Gasteiger partial charge in [0.25, 0.3) is 5.56 Å². The lowest BCUT2D eigenvalue weighted by Crippen LogP contribution is -2.42. The van der Waals surface area contributed by atoms with Crippen molar-refractivity contribution in [1.82, 2.24) is 14.5 Å². The molecule has 1 atom stereocenters. The van der Waals surface area contributed by atoms with Crippen molar-refractivity contribution < 1.29 is 0 Å². The topological polar surface area (TPSA) is 38.1 Å². The maximum absolute atomic E-state index is 13.2. The molecule has 2 heterocycles. The molecule has 3 aromatic rings. The second-order valence-corrected chi connectivity index (χ2v) is 9.00. The first-order valence-corrected chi connectivity index (χ1v) is 10.9. The number of fused-ring (bicyclic) bond motifs is 1. The molecule has 6 heteroatoms. The van der Waals surface area contributed by atoms with Crippen LogP contribution in [0, 0.1) is 5.92 Å². The number of aromatic nitrogens is 2. The van der Waals surface area contributed by atoms with E-state index < -0.39 is 0 Å². The molecule has 0 N–H and O–H groups in total. The van der Waals surface area contributed by atoms with Crippen molar-refractivity contribution in [3.05, 3.63) is 63.1 Å². The van der Waals surface area contributed by atoms with Gasteiger partial charge < -0.3 is 4.90 Å². The molecule has 0 spiro atoms. The highest BCUT2D eigenvalue weighted by Crippen LogP contribution is 2.31. The molecule has 0 saturated carbocycles. The summed E-state index contributed by atoms with van der Waals surface area (Å²) in [7, 11) is 0. The van der Waals surface area contributed by atoms with Crippen LogP contribution >= 0.6 is 23.2 Å². The van der Waals surface area contributed by atoms with Gasteiger partial charge in [-0.25, -0.2) is 4.98 Å². The van der Waals surface area contributed by atoms with Crippen molar-refractivity contribution in [1.29, 1.82) is 0 Å². The molecule has 0 radical (unpaired) electrons. The maximum Gasteiger partial charge on any atom is 0.261 e. The van der Waals surface area contributed by atoms with Gasteiger partial charge in [-0.3, -0.25) is 9.36 Å². The van der Waals surface area contributed by atoms with E-state index in [2.05, 4.69) is 23.7 Å². The number of hydrogen-bond acceptors (Lipinski definition) is 3. The lowest BCUT2D eigenvalue weighted by molar-refractivity contribution is 0.130. The maximum atomic E-state index is 13.2. The Labute approximate surface area is 181 Å². The molecular weight excluding hydrogens is 405 g/mol. The van der Waals surface area contributed by atoms with E-state index >= 15 is 0 Å². The summed E-state index contributed by atoms with van der Waals surface area (Å²) in [4.78, 5) is 20.2. The highest BCUT2D eigenvalue weighted by Gasteiger charge is 2.22. The van der Waals surface area contributed by atoms with Crippen LogP contribution in [0.2, 0.25) is 10.0 Å². The van der Waals surface area contributed by atoms with E-state index in [-0.39, 0.29) is 5.56 Å². The predicted molar refractivity (Wildman–Crippen MR) is 121 cm³/mol. The Morgan fingerprint density at radius 1 is 1.17 bits per heavy atom. The highest BCUT2D eigenvalue weighted by atomic mass is 35.5. The predicted octanol–water partition coefficient (Wildman–Crippen LogP) is 5.49. The van der Waals surface area contributed by atoms with Crippen LogP contribution in [0.5, 0.6) is 0 Å². The number of benzene rings is 2. The highest BCUT2D eigenvalue weighted by molar-refractivity contribution is 6.36. The van der Waals surface area contributed by atoms with Gasteiger partial charge in [0.1, 0.15) is 0 Å². The van der Waals surface area contributed by atoms with Gasteiger partial charge >= 0.3 is 0 Å². The Balaban J connectivity index is 1.66. The largest absolute Gasteiger partial charge is 0.301 e. The number of likely N-dealkylation sites (tertiary alicyclic amines) is 1. The van der Waals surface area contributed by atoms with Gasteiger partial charge in [-0.15, -0.1) is 0 Å². The van der Waals surface area contributed by atoms with Crippen LogP contribution in [0.1, 0.15) is 26.7 Å². The fraction of sp³-hybridized carbons (Fsp3) is 0.391. The molecule has 0 amide bonds. The van der Waals surface area contributed by atoms with E-state index in [1.807, 2.05) is 24.3 Å². The molecule has 0 bridgehead atoms. The summed E-state index contributed by atoms with van der Waals surface area (Å²) in [6.45, 7) is 7.34. The molecule has 152 valence electrons. The molecule has 1 saturated heterocycles. The minimum atomic E-state index is 0.00334. The first kappa shape index (κ1) is 20.4. The second-order valence-electron chi connectivity index (χ2n) is 8.16. The van der Waals surface area contributed by atoms with Gasteiger partial charge in [-0.1, -0.05) is 35.3 Å². The van der Waals surface area contributed by atoms with Gasteiger partial charge in [0, 0.05) is 34.7 Å². The summed E-state index contributed by atoms with van der Waals surface area (Å²) >= 11 is 12.4. The summed E-state index contributed by atoms with van der Waals surface area (Å²) in [5, 5.41) is 1.77. The second kappa shape index (κ2) is 8.47. The number of hydrogen-bond donors (Lipinski definition) is 0. The van der Waals surface area contributed by atoms with Crippen LogP contribution in [0.4, 0.5) is 0 Å². The Morgan fingerprint density at radius 3 is 2.76 bits per heavy atom. The van der Waals surface area contributed by atoms with Crippen molar-refractivity contribution in [2.75, 3.05) is 13.1 Å². The van der Waals surface area contributed by atoms with Crippen molar-refractivity contribution in [2.24, 2.45) is 5.92 Å². The van der Waals surface area contributed by atoms with Gasteiger partial charge in [-0.2, -0.15) is 0 Å². The third-order valence-electron chi connectivity index (χ3n) is 5.80. The molecule has 1 aliphatic rings. The van der Waals surface area contributed by atoms with Crippen LogP contribution < -0.4 is 5.56 Å². The lowest BCUT2D eigenvalue weighted by Gasteiger charge is -2.35. The zero-order valence-corrected chi connectivity index (χ0v) is 18.2. The molecule has 1 aromatic heterocycles. The molecule has 0 unspecified atom stereocenters. The number of piperidine rings is 1. The number of nitrogens with zero attached hydrogens (tertiary/aromatic N) is 3. The molecule has 29 heavy (non-hydrogen) atoms. The minimum absolute atomic E-state index is 0.00334. The molecule has 1 aliphatic heterocycles. The first-order chi connectivity index (χ1) is 13.9. The SMILES string of the molecule is CC(C)N1CCC[C@H](Cn2cnc3ccc(-c4ccc(Cl)cc4Cl)cc3c2=O)C1. The molecule has 4 nitrogen and oxygen atoms in total. The molecule has 4 rings (SSSR count).